The summed E-state index contributed by atoms with van der Waals surface area (Å²) in [5.41, 5.74) is 4.99. The molecule has 0 heterocycles. The molecule has 0 aromatic heterocycles. The second kappa shape index (κ2) is 3.62. The molecule has 1 saturated carbocycles. The summed E-state index contributed by atoms with van der Waals surface area (Å²) in [6.07, 6.45) is 10.9. The number of rotatable bonds is 2. The Morgan fingerprint density at radius 2 is 2.00 bits per heavy atom. The number of terminal acetylenes is 1. The smallest absolute Gasteiger partial charge is 0.224 e. The summed E-state index contributed by atoms with van der Waals surface area (Å²) in [6, 6.07) is 0. The van der Waals surface area contributed by atoms with Gasteiger partial charge in [0.05, 0.1) is 5.41 Å². The van der Waals surface area contributed by atoms with Crippen LogP contribution in [0.5, 0.6) is 0 Å². The van der Waals surface area contributed by atoms with E-state index < -0.39 is 0 Å². The van der Waals surface area contributed by atoms with Gasteiger partial charge in [-0.05, 0) is 12.8 Å². The lowest BCUT2D eigenvalue weighted by Crippen LogP contribution is -2.38. The monoisotopic (exact) mass is 165 g/mol. The van der Waals surface area contributed by atoms with Crippen molar-refractivity contribution in [2.24, 2.45) is 11.1 Å². The number of primary amides is 1. The zero-order chi connectivity index (χ0) is 9.03. The van der Waals surface area contributed by atoms with Crippen molar-refractivity contribution >= 4 is 5.91 Å². The lowest BCUT2D eigenvalue weighted by Gasteiger charge is -2.32. The molecule has 0 saturated heterocycles. The van der Waals surface area contributed by atoms with Crippen molar-refractivity contribution in [3.05, 3.63) is 0 Å². The van der Waals surface area contributed by atoms with E-state index in [1.807, 2.05) is 0 Å². The molecule has 2 N–H and O–H groups in total. The first-order valence-electron chi connectivity index (χ1n) is 4.45. The Bertz CT molecular complexity index is 208. The lowest BCUT2D eigenvalue weighted by molar-refractivity contribution is -0.129. The van der Waals surface area contributed by atoms with Crippen molar-refractivity contribution in [2.75, 3.05) is 0 Å². The van der Waals surface area contributed by atoms with Gasteiger partial charge in [0.1, 0.15) is 0 Å². The average Bonchev–Trinajstić information content (AvgIpc) is 2.06. The zero-order valence-corrected chi connectivity index (χ0v) is 7.31. The molecule has 0 aromatic carbocycles. The maximum atomic E-state index is 11.2. The number of nitrogens with two attached hydrogens (primary N) is 1. The normalized spacial score (nSPS) is 21.2. The van der Waals surface area contributed by atoms with E-state index in [2.05, 4.69) is 5.92 Å². The van der Waals surface area contributed by atoms with Crippen molar-refractivity contribution in [1.82, 2.24) is 0 Å². The number of hydrogen-bond donors (Lipinski definition) is 1. The van der Waals surface area contributed by atoms with E-state index in [1.54, 1.807) is 0 Å². The van der Waals surface area contributed by atoms with Gasteiger partial charge in [0.2, 0.25) is 5.91 Å². The Morgan fingerprint density at radius 1 is 1.42 bits per heavy atom. The summed E-state index contributed by atoms with van der Waals surface area (Å²) in [6.45, 7) is 0. The largest absolute Gasteiger partial charge is 0.369 e. The van der Waals surface area contributed by atoms with Gasteiger partial charge < -0.3 is 5.73 Å². The summed E-state index contributed by atoms with van der Waals surface area (Å²) in [7, 11) is 0. The molecular formula is C10H15NO. The number of carbonyl (C=O) groups excluding carboxylic acids is 1. The first-order chi connectivity index (χ1) is 5.71. The van der Waals surface area contributed by atoms with Gasteiger partial charge in [0.15, 0.2) is 0 Å². The molecule has 0 aromatic rings. The summed E-state index contributed by atoms with van der Waals surface area (Å²) >= 11 is 0. The quantitative estimate of drug-likeness (QED) is 0.618. The third-order valence-electron chi connectivity index (χ3n) is 2.77. The minimum absolute atomic E-state index is 0.208. The van der Waals surface area contributed by atoms with Crippen molar-refractivity contribution in [3.8, 4) is 12.3 Å². The van der Waals surface area contributed by atoms with Crippen molar-refractivity contribution in [3.63, 3.8) is 0 Å². The summed E-state index contributed by atoms with van der Waals surface area (Å²) < 4.78 is 0. The Morgan fingerprint density at radius 3 is 2.42 bits per heavy atom. The van der Waals surface area contributed by atoms with Crippen LogP contribution >= 0.6 is 0 Å². The molecule has 12 heavy (non-hydrogen) atoms. The van der Waals surface area contributed by atoms with Gasteiger partial charge in [-0.3, -0.25) is 4.79 Å². The van der Waals surface area contributed by atoms with Crippen LogP contribution in [0.15, 0.2) is 0 Å². The van der Waals surface area contributed by atoms with Gasteiger partial charge in [-0.1, -0.05) is 19.3 Å². The molecule has 1 rings (SSSR count). The van der Waals surface area contributed by atoms with Gasteiger partial charge in [-0.15, -0.1) is 12.3 Å². The van der Waals surface area contributed by atoms with E-state index in [-0.39, 0.29) is 11.3 Å². The maximum Gasteiger partial charge on any atom is 0.224 e. The molecule has 0 spiro atoms. The number of carbonyl (C=O) groups is 1. The van der Waals surface area contributed by atoms with Crippen LogP contribution in [0.2, 0.25) is 0 Å². The predicted molar refractivity (Wildman–Crippen MR) is 48.2 cm³/mol. The van der Waals surface area contributed by atoms with Crippen LogP contribution in [0.25, 0.3) is 0 Å². The molecule has 1 aliphatic rings. The molecule has 0 aliphatic heterocycles. The molecule has 0 unspecified atom stereocenters. The van der Waals surface area contributed by atoms with E-state index >= 15 is 0 Å². The summed E-state index contributed by atoms with van der Waals surface area (Å²) in [5, 5.41) is 0. The fraction of sp³-hybridized carbons (Fsp3) is 0.700. The first-order valence-corrected chi connectivity index (χ1v) is 4.45. The lowest BCUT2D eigenvalue weighted by atomic mass is 9.71. The topological polar surface area (TPSA) is 43.1 Å². The van der Waals surface area contributed by atoms with Crippen molar-refractivity contribution in [2.45, 2.75) is 38.5 Å². The fourth-order valence-electron chi connectivity index (χ4n) is 1.93. The Labute approximate surface area is 73.5 Å². The van der Waals surface area contributed by atoms with E-state index in [1.165, 1.54) is 6.42 Å². The average molecular weight is 165 g/mol. The highest BCUT2D eigenvalue weighted by Crippen LogP contribution is 2.38. The van der Waals surface area contributed by atoms with Crippen LogP contribution in [0.4, 0.5) is 0 Å². The van der Waals surface area contributed by atoms with E-state index in [0.717, 1.165) is 25.7 Å². The van der Waals surface area contributed by atoms with Gasteiger partial charge in [0.25, 0.3) is 0 Å². The van der Waals surface area contributed by atoms with Gasteiger partial charge >= 0.3 is 0 Å². The van der Waals surface area contributed by atoms with E-state index in [4.69, 9.17) is 12.2 Å². The Kier molecular flexibility index (Phi) is 2.75. The number of amides is 1. The highest BCUT2D eigenvalue weighted by Gasteiger charge is 2.36. The number of hydrogen-bond acceptors (Lipinski definition) is 1. The molecule has 1 aliphatic carbocycles. The molecule has 66 valence electrons. The van der Waals surface area contributed by atoms with Crippen LogP contribution in [0.3, 0.4) is 0 Å². The minimum Gasteiger partial charge on any atom is -0.369 e. The van der Waals surface area contributed by atoms with E-state index in [0.29, 0.717) is 6.42 Å². The molecule has 2 heteroatoms. The summed E-state index contributed by atoms with van der Waals surface area (Å²) in [5.74, 6) is 2.35. The first kappa shape index (κ1) is 9.12. The van der Waals surface area contributed by atoms with Crippen molar-refractivity contribution in [1.29, 1.82) is 0 Å². The minimum atomic E-state index is -0.368. The van der Waals surface area contributed by atoms with E-state index in [9.17, 15) is 4.79 Å². The fourth-order valence-corrected chi connectivity index (χ4v) is 1.93. The molecule has 1 amide bonds. The molecule has 2 nitrogen and oxygen atoms in total. The molecular weight excluding hydrogens is 150 g/mol. The van der Waals surface area contributed by atoms with Crippen LogP contribution in [-0.4, -0.2) is 5.91 Å². The van der Waals surface area contributed by atoms with Gasteiger partial charge in [0, 0.05) is 6.42 Å². The second-order valence-electron chi connectivity index (χ2n) is 3.59. The third kappa shape index (κ3) is 1.61. The predicted octanol–water partition coefficient (Wildman–Crippen LogP) is 1.45. The van der Waals surface area contributed by atoms with Crippen LogP contribution < -0.4 is 5.73 Å². The third-order valence-corrected chi connectivity index (χ3v) is 2.77. The highest BCUT2D eigenvalue weighted by molar-refractivity contribution is 5.81. The molecule has 0 bridgehead atoms. The Balaban J connectivity index is 2.71. The molecule has 1 fully saturated rings. The summed E-state index contributed by atoms with van der Waals surface area (Å²) in [4.78, 5) is 11.2. The van der Waals surface area contributed by atoms with Gasteiger partial charge in [-0.2, -0.15) is 0 Å². The Hall–Kier alpha value is -0.970. The van der Waals surface area contributed by atoms with Crippen LogP contribution in [-0.2, 0) is 4.79 Å². The zero-order valence-electron chi connectivity index (χ0n) is 7.31. The SMILES string of the molecule is C#CCC1(C(N)=O)CCCCC1. The maximum absolute atomic E-state index is 11.2. The van der Waals surface area contributed by atoms with Crippen LogP contribution in [0, 0.1) is 17.8 Å². The highest BCUT2D eigenvalue weighted by atomic mass is 16.1. The standard InChI is InChI=1S/C10H15NO/c1-2-6-10(9(11)12)7-4-3-5-8-10/h1H,3-8H2,(H2,11,12). The second-order valence-corrected chi connectivity index (χ2v) is 3.59. The van der Waals surface area contributed by atoms with Crippen LogP contribution in [0.1, 0.15) is 38.5 Å². The molecule has 0 radical (unpaired) electrons. The van der Waals surface area contributed by atoms with Crippen molar-refractivity contribution < 1.29 is 4.79 Å². The molecule has 0 atom stereocenters. The van der Waals surface area contributed by atoms with Gasteiger partial charge in [-0.25, -0.2) is 0 Å².